The number of aromatic nitrogens is 1. The first-order valence-corrected chi connectivity index (χ1v) is 7.59. The molecule has 0 fully saturated rings. The van der Waals surface area contributed by atoms with Gasteiger partial charge >= 0.3 is 0 Å². The summed E-state index contributed by atoms with van der Waals surface area (Å²) >= 11 is 0. The number of benzene rings is 1. The SMILES string of the molecule is COCCNCc1noc2c1CC(c1ccccc1)CC2. The van der Waals surface area contributed by atoms with Gasteiger partial charge in [-0.3, -0.25) is 0 Å². The fourth-order valence-corrected chi connectivity index (χ4v) is 2.99. The third-order valence-electron chi connectivity index (χ3n) is 4.17. The molecule has 1 unspecified atom stereocenters. The molecule has 1 N–H and O–H groups in total. The summed E-state index contributed by atoms with van der Waals surface area (Å²) in [5, 5.41) is 7.59. The van der Waals surface area contributed by atoms with E-state index >= 15 is 0 Å². The van der Waals surface area contributed by atoms with Crippen molar-refractivity contribution >= 4 is 0 Å². The molecule has 0 spiro atoms. The highest BCUT2D eigenvalue weighted by Gasteiger charge is 2.26. The van der Waals surface area contributed by atoms with Crippen LogP contribution in [0, 0.1) is 0 Å². The summed E-state index contributed by atoms with van der Waals surface area (Å²) in [4.78, 5) is 0. The summed E-state index contributed by atoms with van der Waals surface area (Å²) < 4.78 is 10.5. The zero-order valence-electron chi connectivity index (χ0n) is 12.5. The van der Waals surface area contributed by atoms with Gasteiger partial charge in [-0.2, -0.15) is 0 Å². The van der Waals surface area contributed by atoms with Crippen LogP contribution < -0.4 is 5.32 Å². The second-order valence-corrected chi connectivity index (χ2v) is 5.55. The first-order valence-electron chi connectivity index (χ1n) is 7.59. The Balaban J connectivity index is 1.68. The minimum Gasteiger partial charge on any atom is -0.383 e. The zero-order chi connectivity index (χ0) is 14.5. The van der Waals surface area contributed by atoms with Crippen LogP contribution in [-0.2, 0) is 24.1 Å². The third-order valence-corrected chi connectivity index (χ3v) is 4.17. The number of aryl methyl sites for hydroxylation is 1. The third kappa shape index (κ3) is 3.34. The maximum atomic E-state index is 5.51. The van der Waals surface area contributed by atoms with Crippen molar-refractivity contribution in [2.24, 2.45) is 0 Å². The predicted molar refractivity (Wildman–Crippen MR) is 81.3 cm³/mol. The van der Waals surface area contributed by atoms with Crippen LogP contribution in [0.15, 0.2) is 34.9 Å². The number of fused-ring (bicyclic) bond motifs is 1. The smallest absolute Gasteiger partial charge is 0.140 e. The first-order chi connectivity index (χ1) is 10.4. The van der Waals surface area contributed by atoms with Crippen LogP contribution in [-0.4, -0.2) is 25.4 Å². The van der Waals surface area contributed by atoms with E-state index in [0.29, 0.717) is 12.5 Å². The van der Waals surface area contributed by atoms with Crippen LogP contribution in [0.5, 0.6) is 0 Å². The molecule has 0 saturated carbocycles. The molecule has 1 aliphatic rings. The maximum Gasteiger partial charge on any atom is 0.140 e. The van der Waals surface area contributed by atoms with Gasteiger partial charge in [0.05, 0.1) is 6.61 Å². The minimum absolute atomic E-state index is 0.579. The molecule has 4 nitrogen and oxygen atoms in total. The molecule has 0 saturated heterocycles. The van der Waals surface area contributed by atoms with Crippen molar-refractivity contribution in [3.8, 4) is 0 Å². The Morgan fingerprint density at radius 3 is 3.00 bits per heavy atom. The normalized spacial score (nSPS) is 17.7. The van der Waals surface area contributed by atoms with Crippen molar-refractivity contribution in [1.82, 2.24) is 10.5 Å². The molecule has 0 aliphatic heterocycles. The van der Waals surface area contributed by atoms with Crippen molar-refractivity contribution in [3.63, 3.8) is 0 Å². The van der Waals surface area contributed by atoms with Gasteiger partial charge in [-0.05, 0) is 24.3 Å². The van der Waals surface area contributed by atoms with Gasteiger partial charge in [0.1, 0.15) is 11.5 Å². The van der Waals surface area contributed by atoms with E-state index in [4.69, 9.17) is 9.26 Å². The van der Waals surface area contributed by atoms with E-state index in [9.17, 15) is 0 Å². The van der Waals surface area contributed by atoms with Crippen LogP contribution in [0.3, 0.4) is 0 Å². The van der Waals surface area contributed by atoms with E-state index in [0.717, 1.165) is 43.8 Å². The lowest BCUT2D eigenvalue weighted by molar-refractivity contribution is 0.199. The highest BCUT2D eigenvalue weighted by molar-refractivity contribution is 5.31. The summed E-state index contributed by atoms with van der Waals surface area (Å²) in [6.07, 6.45) is 3.16. The van der Waals surface area contributed by atoms with E-state index in [2.05, 4.69) is 40.8 Å². The molecule has 1 heterocycles. The summed E-state index contributed by atoms with van der Waals surface area (Å²) in [6, 6.07) is 10.7. The lowest BCUT2D eigenvalue weighted by Gasteiger charge is -2.21. The minimum atomic E-state index is 0.579. The molecule has 2 aromatic rings. The van der Waals surface area contributed by atoms with Crippen molar-refractivity contribution in [3.05, 3.63) is 52.9 Å². The lowest BCUT2D eigenvalue weighted by atomic mass is 9.82. The number of nitrogens with one attached hydrogen (secondary N) is 1. The van der Waals surface area contributed by atoms with E-state index in [1.807, 2.05) is 0 Å². The van der Waals surface area contributed by atoms with Gasteiger partial charge in [0, 0.05) is 32.2 Å². The maximum absolute atomic E-state index is 5.51. The van der Waals surface area contributed by atoms with Gasteiger partial charge in [-0.1, -0.05) is 35.5 Å². The molecule has 0 amide bonds. The van der Waals surface area contributed by atoms with Gasteiger partial charge in [-0.25, -0.2) is 0 Å². The Morgan fingerprint density at radius 1 is 1.33 bits per heavy atom. The summed E-state index contributed by atoms with van der Waals surface area (Å²) in [5.41, 5.74) is 3.78. The number of nitrogens with zero attached hydrogens (tertiary/aromatic N) is 1. The number of ether oxygens (including phenoxy) is 1. The molecular formula is C17H22N2O2. The molecule has 1 aromatic carbocycles. The molecule has 1 aliphatic carbocycles. The van der Waals surface area contributed by atoms with Crippen LogP contribution in [0.4, 0.5) is 0 Å². The van der Waals surface area contributed by atoms with Gasteiger partial charge in [0.15, 0.2) is 0 Å². The molecule has 4 heteroatoms. The average molecular weight is 286 g/mol. The van der Waals surface area contributed by atoms with Crippen molar-refractivity contribution < 1.29 is 9.26 Å². The monoisotopic (exact) mass is 286 g/mol. The molecule has 1 atom stereocenters. The molecular weight excluding hydrogens is 264 g/mol. The number of hydrogen-bond donors (Lipinski definition) is 1. The van der Waals surface area contributed by atoms with E-state index < -0.39 is 0 Å². The molecule has 112 valence electrons. The average Bonchev–Trinajstić information content (AvgIpc) is 2.95. The number of hydrogen-bond acceptors (Lipinski definition) is 4. The lowest BCUT2D eigenvalue weighted by Crippen LogP contribution is -2.20. The second kappa shape index (κ2) is 6.87. The number of rotatable bonds is 6. The Kier molecular flexibility index (Phi) is 4.68. The Morgan fingerprint density at radius 2 is 2.19 bits per heavy atom. The second-order valence-electron chi connectivity index (χ2n) is 5.55. The zero-order valence-corrected chi connectivity index (χ0v) is 12.5. The van der Waals surface area contributed by atoms with Crippen molar-refractivity contribution in [2.75, 3.05) is 20.3 Å². The number of methoxy groups -OCH3 is 1. The Labute approximate surface area is 125 Å². The molecule has 0 radical (unpaired) electrons. The Bertz CT molecular complexity index is 565. The molecule has 3 rings (SSSR count). The Hall–Kier alpha value is -1.65. The summed E-state index contributed by atoms with van der Waals surface area (Å²) in [7, 11) is 1.71. The van der Waals surface area contributed by atoms with E-state index in [1.54, 1.807) is 7.11 Å². The van der Waals surface area contributed by atoms with Crippen molar-refractivity contribution in [2.45, 2.75) is 31.7 Å². The quantitative estimate of drug-likeness (QED) is 0.829. The van der Waals surface area contributed by atoms with Gasteiger partial charge in [0.2, 0.25) is 0 Å². The highest BCUT2D eigenvalue weighted by Crippen LogP contribution is 2.34. The topological polar surface area (TPSA) is 47.3 Å². The molecule has 0 bridgehead atoms. The van der Waals surface area contributed by atoms with E-state index in [1.165, 1.54) is 11.1 Å². The summed E-state index contributed by atoms with van der Waals surface area (Å²) in [6.45, 7) is 2.30. The fraction of sp³-hybridized carbons (Fsp3) is 0.471. The van der Waals surface area contributed by atoms with Gasteiger partial charge < -0.3 is 14.6 Å². The van der Waals surface area contributed by atoms with Crippen LogP contribution in [0.25, 0.3) is 0 Å². The van der Waals surface area contributed by atoms with Crippen LogP contribution in [0.1, 0.15) is 34.9 Å². The predicted octanol–water partition coefficient (Wildman–Crippen LogP) is 2.68. The van der Waals surface area contributed by atoms with Crippen molar-refractivity contribution in [1.29, 1.82) is 0 Å². The van der Waals surface area contributed by atoms with Crippen LogP contribution >= 0.6 is 0 Å². The van der Waals surface area contributed by atoms with Crippen LogP contribution in [0.2, 0.25) is 0 Å². The van der Waals surface area contributed by atoms with Gasteiger partial charge in [-0.15, -0.1) is 0 Å². The van der Waals surface area contributed by atoms with Gasteiger partial charge in [0.25, 0.3) is 0 Å². The standard InChI is InChI=1S/C17H22N2O2/c1-20-10-9-18-12-16-15-11-14(7-8-17(15)21-19-16)13-5-3-2-4-6-13/h2-6,14,18H,7-12H2,1H3. The first kappa shape index (κ1) is 14.3. The highest BCUT2D eigenvalue weighted by atomic mass is 16.5. The fourth-order valence-electron chi connectivity index (χ4n) is 2.99. The summed E-state index contributed by atoms with van der Waals surface area (Å²) in [5.74, 6) is 1.65. The molecule has 21 heavy (non-hydrogen) atoms. The largest absolute Gasteiger partial charge is 0.383 e. The molecule has 1 aromatic heterocycles. The van der Waals surface area contributed by atoms with E-state index in [-0.39, 0.29) is 0 Å².